The molecule has 0 unspecified atom stereocenters. The van der Waals surface area contributed by atoms with Crippen molar-refractivity contribution in [3.05, 3.63) is 21.0 Å². The van der Waals surface area contributed by atoms with Gasteiger partial charge in [-0.2, -0.15) is 5.10 Å². The average molecular weight is 358 g/mol. The van der Waals surface area contributed by atoms with Crippen LogP contribution in [0.2, 0.25) is 0 Å². The van der Waals surface area contributed by atoms with Gasteiger partial charge in [0.2, 0.25) is 0 Å². The molecular weight excluding hydrogens is 334 g/mol. The number of rotatable bonds is 8. The van der Waals surface area contributed by atoms with Crippen LogP contribution in [-0.4, -0.2) is 28.0 Å². The lowest BCUT2D eigenvalue weighted by molar-refractivity contribution is 0.127. The quantitative estimate of drug-likeness (QED) is 0.750. The minimum absolute atomic E-state index is 0.0884. The van der Waals surface area contributed by atoms with Crippen molar-refractivity contribution >= 4 is 21.6 Å². The van der Waals surface area contributed by atoms with Gasteiger partial charge in [0, 0.05) is 18.5 Å². The zero-order chi connectivity index (χ0) is 15.5. The third kappa shape index (κ3) is 3.86. The molecule has 0 spiro atoms. The second kappa shape index (κ2) is 6.92. The van der Waals surface area contributed by atoms with Gasteiger partial charge in [0.25, 0.3) is 5.56 Å². The summed E-state index contributed by atoms with van der Waals surface area (Å²) < 4.78 is 2.06. The topological polar surface area (TPSA) is 67.2 Å². The SMILES string of the molecule is CCC(CC)(CO)CNc1cnn(CC2CC2)c(=O)c1Br. The Balaban J connectivity index is 2.10. The van der Waals surface area contributed by atoms with Crippen LogP contribution in [0.25, 0.3) is 0 Å². The first kappa shape index (κ1) is 16.5. The van der Waals surface area contributed by atoms with E-state index in [1.165, 1.54) is 17.5 Å². The molecule has 118 valence electrons. The summed E-state index contributed by atoms with van der Waals surface area (Å²) in [5.74, 6) is 0.614. The molecule has 1 aromatic rings. The number of aliphatic hydroxyl groups is 1. The Labute approximate surface area is 133 Å². The molecule has 1 aliphatic rings. The van der Waals surface area contributed by atoms with Crippen LogP contribution in [0, 0.1) is 11.3 Å². The lowest BCUT2D eigenvalue weighted by Gasteiger charge is -2.30. The first-order chi connectivity index (χ1) is 10.0. The standard InChI is InChI=1S/C15H24BrN3O2/c1-3-15(4-2,10-20)9-17-12-7-18-19(8-11-5-6-11)14(21)13(12)16/h7,11,17,20H,3-6,8-10H2,1-2H3. The zero-order valence-electron chi connectivity index (χ0n) is 12.7. The van der Waals surface area contributed by atoms with Gasteiger partial charge in [-0.25, -0.2) is 4.68 Å². The zero-order valence-corrected chi connectivity index (χ0v) is 14.3. The van der Waals surface area contributed by atoms with Crippen molar-refractivity contribution in [2.45, 2.75) is 46.1 Å². The summed E-state index contributed by atoms with van der Waals surface area (Å²) in [4.78, 5) is 12.3. The van der Waals surface area contributed by atoms with E-state index in [-0.39, 0.29) is 17.6 Å². The smallest absolute Gasteiger partial charge is 0.283 e. The molecule has 0 saturated heterocycles. The molecule has 0 bridgehead atoms. The molecule has 0 amide bonds. The maximum atomic E-state index is 12.3. The number of hydrogen-bond acceptors (Lipinski definition) is 4. The molecule has 6 heteroatoms. The first-order valence-corrected chi connectivity index (χ1v) is 8.45. The van der Waals surface area contributed by atoms with Crippen LogP contribution in [0.5, 0.6) is 0 Å². The minimum atomic E-state index is -0.150. The number of anilines is 1. The molecular formula is C15H24BrN3O2. The van der Waals surface area contributed by atoms with E-state index in [0.717, 1.165) is 12.8 Å². The number of aromatic nitrogens is 2. The van der Waals surface area contributed by atoms with E-state index in [1.54, 1.807) is 6.20 Å². The molecule has 2 rings (SSSR count). The normalized spacial score (nSPS) is 15.2. The van der Waals surface area contributed by atoms with Gasteiger partial charge in [-0.3, -0.25) is 4.79 Å². The Morgan fingerprint density at radius 1 is 1.48 bits per heavy atom. The van der Waals surface area contributed by atoms with Crippen molar-refractivity contribution in [2.24, 2.45) is 11.3 Å². The van der Waals surface area contributed by atoms with E-state index in [1.807, 2.05) is 0 Å². The Morgan fingerprint density at radius 3 is 2.67 bits per heavy atom. The molecule has 0 atom stereocenters. The molecule has 21 heavy (non-hydrogen) atoms. The van der Waals surface area contributed by atoms with Crippen molar-refractivity contribution in [1.82, 2.24) is 9.78 Å². The number of hydrogen-bond donors (Lipinski definition) is 2. The molecule has 0 radical (unpaired) electrons. The summed E-state index contributed by atoms with van der Waals surface area (Å²) in [7, 11) is 0. The molecule has 2 N–H and O–H groups in total. The van der Waals surface area contributed by atoms with Crippen molar-refractivity contribution in [1.29, 1.82) is 0 Å². The predicted octanol–water partition coefficient (Wildman–Crippen LogP) is 2.63. The maximum absolute atomic E-state index is 12.3. The van der Waals surface area contributed by atoms with E-state index in [2.05, 4.69) is 40.2 Å². The van der Waals surface area contributed by atoms with Gasteiger partial charge < -0.3 is 10.4 Å². The molecule has 1 aliphatic carbocycles. The summed E-state index contributed by atoms with van der Waals surface area (Å²) in [6, 6.07) is 0. The summed E-state index contributed by atoms with van der Waals surface area (Å²) in [5, 5.41) is 17.1. The van der Waals surface area contributed by atoms with Gasteiger partial charge in [0.15, 0.2) is 0 Å². The lowest BCUT2D eigenvalue weighted by Crippen LogP contribution is -2.33. The largest absolute Gasteiger partial charge is 0.396 e. The summed E-state index contributed by atoms with van der Waals surface area (Å²) in [6.07, 6.45) is 5.85. The Kier molecular flexibility index (Phi) is 5.43. The average Bonchev–Trinajstić information content (AvgIpc) is 3.32. The van der Waals surface area contributed by atoms with Crippen LogP contribution in [0.1, 0.15) is 39.5 Å². The van der Waals surface area contributed by atoms with Gasteiger partial charge in [-0.1, -0.05) is 13.8 Å². The summed E-state index contributed by atoms with van der Waals surface area (Å²) in [6.45, 7) is 5.62. The van der Waals surface area contributed by atoms with Crippen LogP contribution in [0.4, 0.5) is 5.69 Å². The number of nitrogens with zero attached hydrogens (tertiary/aromatic N) is 2. The molecule has 1 fully saturated rings. The van der Waals surface area contributed by atoms with Gasteiger partial charge in [-0.15, -0.1) is 0 Å². The van der Waals surface area contributed by atoms with E-state index in [4.69, 9.17) is 0 Å². The molecule has 1 aromatic heterocycles. The van der Waals surface area contributed by atoms with Crippen LogP contribution in [-0.2, 0) is 6.54 Å². The van der Waals surface area contributed by atoms with Gasteiger partial charge >= 0.3 is 0 Å². The molecule has 0 aromatic carbocycles. The van der Waals surface area contributed by atoms with E-state index < -0.39 is 0 Å². The summed E-state index contributed by atoms with van der Waals surface area (Å²) in [5.41, 5.74) is 0.462. The van der Waals surface area contributed by atoms with Gasteiger partial charge in [0.1, 0.15) is 4.47 Å². The lowest BCUT2D eigenvalue weighted by atomic mass is 9.83. The Morgan fingerprint density at radius 2 is 2.14 bits per heavy atom. The van der Waals surface area contributed by atoms with Crippen molar-refractivity contribution in [3.63, 3.8) is 0 Å². The van der Waals surface area contributed by atoms with Crippen molar-refractivity contribution in [2.75, 3.05) is 18.5 Å². The number of halogens is 1. The minimum Gasteiger partial charge on any atom is -0.396 e. The highest BCUT2D eigenvalue weighted by Gasteiger charge is 2.26. The highest BCUT2D eigenvalue weighted by Crippen LogP contribution is 2.30. The maximum Gasteiger partial charge on any atom is 0.283 e. The van der Waals surface area contributed by atoms with Crippen LogP contribution >= 0.6 is 15.9 Å². The highest BCUT2D eigenvalue weighted by atomic mass is 79.9. The number of aliphatic hydroxyl groups excluding tert-OH is 1. The fourth-order valence-electron chi connectivity index (χ4n) is 2.33. The van der Waals surface area contributed by atoms with E-state index in [9.17, 15) is 9.90 Å². The third-order valence-electron chi connectivity index (χ3n) is 4.60. The monoisotopic (exact) mass is 357 g/mol. The van der Waals surface area contributed by atoms with Crippen molar-refractivity contribution < 1.29 is 5.11 Å². The second-order valence-corrected chi connectivity index (χ2v) is 6.81. The molecule has 1 saturated carbocycles. The van der Waals surface area contributed by atoms with Gasteiger partial charge in [-0.05, 0) is 47.5 Å². The predicted molar refractivity (Wildman–Crippen MR) is 87.5 cm³/mol. The van der Waals surface area contributed by atoms with Crippen LogP contribution in [0.15, 0.2) is 15.5 Å². The van der Waals surface area contributed by atoms with Gasteiger partial charge in [0.05, 0.1) is 18.5 Å². The Bertz CT molecular complexity index is 528. The molecule has 5 nitrogen and oxygen atoms in total. The first-order valence-electron chi connectivity index (χ1n) is 7.65. The van der Waals surface area contributed by atoms with Crippen molar-refractivity contribution in [3.8, 4) is 0 Å². The van der Waals surface area contributed by atoms with E-state index in [0.29, 0.717) is 29.2 Å². The second-order valence-electron chi connectivity index (χ2n) is 6.02. The fourth-order valence-corrected chi connectivity index (χ4v) is 2.77. The summed E-state index contributed by atoms with van der Waals surface area (Å²) >= 11 is 3.38. The van der Waals surface area contributed by atoms with Crippen LogP contribution in [0.3, 0.4) is 0 Å². The van der Waals surface area contributed by atoms with E-state index >= 15 is 0 Å². The highest BCUT2D eigenvalue weighted by molar-refractivity contribution is 9.10. The fraction of sp³-hybridized carbons (Fsp3) is 0.733. The third-order valence-corrected chi connectivity index (χ3v) is 5.37. The van der Waals surface area contributed by atoms with Crippen LogP contribution < -0.4 is 10.9 Å². The molecule has 1 heterocycles. The number of nitrogens with one attached hydrogen (secondary N) is 1. The Hall–Kier alpha value is -0.880. The molecule has 0 aliphatic heterocycles.